The van der Waals surface area contributed by atoms with Crippen LogP contribution in [0.1, 0.15) is 0 Å². The summed E-state index contributed by atoms with van der Waals surface area (Å²) >= 11 is 0. The number of hydrogen-bond acceptors (Lipinski definition) is 4. The zero-order valence-corrected chi connectivity index (χ0v) is 11.8. The van der Waals surface area contributed by atoms with Gasteiger partial charge < -0.3 is 18.9 Å². The number of ether oxygens (including phenoxy) is 4. The molecule has 4 nitrogen and oxygen atoms in total. The maximum absolute atomic E-state index is 5.70. The summed E-state index contributed by atoms with van der Waals surface area (Å²) in [6.45, 7) is 0.192. The average molecular weight is 282 g/mol. The van der Waals surface area contributed by atoms with E-state index in [1.54, 1.807) is 14.2 Å². The molecular formula is C17H14O4. The van der Waals surface area contributed by atoms with Gasteiger partial charge in [-0.05, 0) is 16.8 Å². The molecule has 0 unspecified atom stereocenters. The van der Waals surface area contributed by atoms with E-state index in [4.69, 9.17) is 18.9 Å². The molecule has 0 saturated carbocycles. The number of hydrogen-bond donors (Lipinski definition) is 0. The summed E-state index contributed by atoms with van der Waals surface area (Å²) in [7, 11) is 3.24. The monoisotopic (exact) mass is 282 g/mol. The predicted octanol–water partition coefficient (Wildman–Crippen LogP) is 3.74. The molecule has 4 heteroatoms. The highest BCUT2D eigenvalue weighted by Gasteiger charge is 2.28. The molecule has 1 aliphatic heterocycles. The lowest BCUT2D eigenvalue weighted by Gasteiger charge is -2.15. The molecule has 1 heterocycles. The molecule has 106 valence electrons. The van der Waals surface area contributed by atoms with Gasteiger partial charge >= 0.3 is 0 Å². The van der Waals surface area contributed by atoms with Gasteiger partial charge in [-0.25, -0.2) is 0 Å². The fourth-order valence-electron chi connectivity index (χ4n) is 2.95. The van der Waals surface area contributed by atoms with Crippen molar-refractivity contribution >= 4 is 21.5 Å². The summed E-state index contributed by atoms with van der Waals surface area (Å²) in [4.78, 5) is 0. The highest BCUT2D eigenvalue weighted by molar-refractivity contribution is 6.14. The normalized spacial score (nSPS) is 12.9. The Kier molecular flexibility index (Phi) is 2.57. The molecule has 21 heavy (non-hydrogen) atoms. The van der Waals surface area contributed by atoms with Crippen LogP contribution in [0.15, 0.2) is 36.4 Å². The predicted molar refractivity (Wildman–Crippen MR) is 80.7 cm³/mol. The molecule has 0 atom stereocenters. The molecule has 0 bridgehead atoms. The number of methoxy groups -OCH3 is 2. The van der Waals surface area contributed by atoms with Crippen molar-refractivity contribution in [2.24, 2.45) is 0 Å². The molecule has 0 aromatic heterocycles. The maximum Gasteiger partial charge on any atom is 0.231 e. The molecule has 3 aromatic rings. The summed E-state index contributed by atoms with van der Waals surface area (Å²) in [6.07, 6.45) is 0. The van der Waals surface area contributed by atoms with Gasteiger partial charge in [-0.2, -0.15) is 0 Å². The van der Waals surface area contributed by atoms with Crippen molar-refractivity contribution in [3.63, 3.8) is 0 Å². The standard InChI is InChI=1S/C17H14O4/c1-18-14-12-8-7-10-5-3-4-6-11(10)13(12)15-17(16(14)19-2)21-9-20-15/h3-8H,9H2,1-2H3. The molecule has 0 amide bonds. The average Bonchev–Trinajstić information content (AvgIpc) is 3.02. The molecule has 0 aliphatic carbocycles. The summed E-state index contributed by atoms with van der Waals surface area (Å²) in [6, 6.07) is 12.3. The van der Waals surface area contributed by atoms with Crippen LogP contribution in [0.3, 0.4) is 0 Å². The van der Waals surface area contributed by atoms with Crippen molar-refractivity contribution in [2.75, 3.05) is 21.0 Å². The summed E-state index contributed by atoms with van der Waals surface area (Å²) < 4.78 is 22.3. The van der Waals surface area contributed by atoms with Crippen molar-refractivity contribution in [2.45, 2.75) is 0 Å². The Morgan fingerprint density at radius 2 is 1.57 bits per heavy atom. The van der Waals surface area contributed by atoms with Crippen LogP contribution in [0.2, 0.25) is 0 Å². The Hall–Kier alpha value is -2.62. The second-order valence-electron chi connectivity index (χ2n) is 4.84. The third-order valence-electron chi connectivity index (χ3n) is 3.83. The minimum Gasteiger partial charge on any atom is -0.492 e. The molecular weight excluding hydrogens is 268 g/mol. The molecule has 0 fully saturated rings. The Balaban J connectivity index is 2.26. The lowest BCUT2D eigenvalue weighted by Crippen LogP contribution is -1.95. The van der Waals surface area contributed by atoms with E-state index >= 15 is 0 Å². The van der Waals surface area contributed by atoms with Crippen molar-refractivity contribution < 1.29 is 18.9 Å². The zero-order chi connectivity index (χ0) is 14.4. The van der Waals surface area contributed by atoms with Crippen LogP contribution in [0.25, 0.3) is 21.5 Å². The molecule has 3 aromatic carbocycles. The van der Waals surface area contributed by atoms with E-state index < -0.39 is 0 Å². The summed E-state index contributed by atoms with van der Waals surface area (Å²) in [5, 5.41) is 4.21. The van der Waals surface area contributed by atoms with Crippen LogP contribution in [-0.2, 0) is 0 Å². The van der Waals surface area contributed by atoms with E-state index in [9.17, 15) is 0 Å². The highest BCUT2D eigenvalue weighted by atomic mass is 16.7. The van der Waals surface area contributed by atoms with Crippen LogP contribution in [0.5, 0.6) is 23.0 Å². The first-order valence-electron chi connectivity index (χ1n) is 6.70. The maximum atomic E-state index is 5.70. The van der Waals surface area contributed by atoms with Gasteiger partial charge in [-0.3, -0.25) is 0 Å². The van der Waals surface area contributed by atoms with Crippen LogP contribution >= 0.6 is 0 Å². The Morgan fingerprint density at radius 3 is 2.38 bits per heavy atom. The second-order valence-corrected chi connectivity index (χ2v) is 4.84. The van der Waals surface area contributed by atoms with Crippen molar-refractivity contribution in [3.05, 3.63) is 36.4 Å². The first-order valence-corrected chi connectivity index (χ1v) is 6.70. The number of fused-ring (bicyclic) bond motifs is 5. The first kappa shape index (κ1) is 12.1. The molecule has 4 rings (SSSR count). The summed E-state index contributed by atoms with van der Waals surface area (Å²) in [5.74, 6) is 2.58. The van der Waals surface area contributed by atoms with E-state index in [1.807, 2.05) is 18.2 Å². The third-order valence-corrected chi connectivity index (χ3v) is 3.83. The van der Waals surface area contributed by atoms with Gasteiger partial charge in [0, 0.05) is 10.8 Å². The van der Waals surface area contributed by atoms with E-state index in [1.165, 1.54) is 0 Å². The van der Waals surface area contributed by atoms with Gasteiger partial charge in [0.1, 0.15) is 0 Å². The fraction of sp³-hybridized carbons (Fsp3) is 0.176. The topological polar surface area (TPSA) is 36.9 Å². The molecule has 0 N–H and O–H groups in total. The van der Waals surface area contributed by atoms with Gasteiger partial charge in [0.25, 0.3) is 0 Å². The van der Waals surface area contributed by atoms with Crippen molar-refractivity contribution in [1.82, 2.24) is 0 Å². The van der Waals surface area contributed by atoms with E-state index in [2.05, 4.69) is 18.2 Å². The smallest absolute Gasteiger partial charge is 0.231 e. The fourth-order valence-corrected chi connectivity index (χ4v) is 2.95. The second kappa shape index (κ2) is 4.45. The molecule has 0 radical (unpaired) electrons. The van der Waals surface area contributed by atoms with E-state index in [0.29, 0.717) is 17.2 Å². The summed E-state index contributed by atoms with van der Waals surface area (Å²) in [5.41, 5.74) is 0. The van der Waals surface area contributed by atoms with Crippen LogP contribution in [-0.4, -0.2) is 21.0 Å². The van der Waals surface area contributed by atoms with Gasteiger partial charge in [-0.1, -0.05) is 30.3 Å². The van der Waals surface area contributed by atoms with E-state index in [-0.39, 0.29) is 6.79 Å². The highest BCUT2D eigenvalue weighted by Crippen LogP contribution is 2.54. The Labute approximate surface area is 121 Å². The van der Waals surface area contributed by atoms with Gasteiger partial charge in [-0.15, -0.1) is 0 Å². The van der Waals surface area contributed by atoms with Crippen molar-refractivity contribution in [1.29, 1.82) is 0 Å². The number of benzene rings is 3. The largest absolute Gasteiger partial charge is 0.492 e. The first-order chi connectivity index (χ1) is 10.3. The zero-order valence-electron chi connectivity index (χ0n) is 11.8. The van der Waals surface area contributed by atoms with Gasteiger partial charge in [0.05, 0.1) is 14.2 Å². The SMILES string of the molecule is COc1c2c(c3c(ccc4ccccc43)c1OC)OCO2. The Bertz CT molecular complexity index is 854. The van der Waals surface area contributed by atoms with Crippen molar-refractivity contribution in [3.8, 4) is 23.0 Å². The van der Waals surface area contributed by atoms with Crippen LogP contribution < -0.4 is 18.9 Å². The Morgan fingerprint density at radius 1 is 0.810 bits per heavy atom. The van der Waals surface area contributed by atoms with Crippen LogP contribution in [0.4, 0.5) is 0 Å². The lowest BCUT2D eigenvalue weighted by atomic mass is 9.99. The van der Waals surface area contributed by atoms with Crippen LogP contribution in [0, 0.1) is 0 Å². The minimum absolute atomic E-state index is 0.192. The quantitative estimate of drug-likeness (QED) is 0.671. The minimum atomic E-state index is 0.192. The van der Waals surface area contributed by atoms with E-state index in [0.717, 1.165) is 27.3 Å². The molecule has 1 aliphatic rings. The van der Waals surface area contributed by atoms with Gasteiger partial charge in [0.15, 0.2) is 11.5 Å². The molecule has 0 spiro atoms. The van der Waals surface area contributed by atoms with Gasteiger partial charge in [0.2, 0.25) is 18.3 Å². The molecule has 0 saturated heterocycles. The number of rotatable bonds is 2. The lowest BCUT2D eigenvalue weighted by molar-refractivity contribution is 0.171. The third kappa shape index (κ3) is 1.56.